The maximum Gasteiger partial charge on any atom is 0.272 e. The van der Waals surface area contributed by atoms with Crippen molar-refractivity contribution >= 4 is 11.7 Å². The predicted molar refractivity (Wildman–Crippen MR) is 99.6 cm³/mol. The van der Waals surface area contributed by atoms with Gasteiger partial charge in [0.2, 0.25) is 0 Å². The number of likely N-dealkylation sites (tertiary alicyclic amines) is 1. The van der Waals surface area contributed by atoms with Crippen molar-refractivity contribution < 1.29 is 4.79 Å². The second-order valence-electron chi connectivity index (χ2n) is 6.64. The number of benzene rings is 1. The number of nitrogens with zero attached hydrogens (tertiary/aromatic N) is 3. The number of nitrogens with one attached hydrogen (secondary N) is 1. The number of anilines is 1. The van der Waals surface area contributed by atoms with Crippen LogP contribution in [-0.4, -0.2) is 40.4 Å². The van der Waals surface area contributed by atoms with Gasteiger partial charge in [-0.15, -0.1) is 0 Å². The Morgan fingerprint density at radius 2 is 1.96 bits per heavy atom. The van der Waals surface area contributed by atoms with Gasteiger partial charge in [0.05, 0.1) is 0 Å². The minimum absolute atomic E-state index is 0.0140. The third kappa shape index (κ3) is 4.78. The van der Waals surface area contributed by atoms with Crippen molar-refractivity contribution in [3.8, 4) is 0 Å². The summed E-state index contributed by atoms with van der Waals surface area (Å²) in [6.45, 7) is 4.55. The second kappa shape index (κ2) is 8.60. The SMILES string of the molecule is CCCNc1cc(C(=O)N2CCC(Cc3ccccc3)CC2)ncn1. The molecule has 1 N–H and O–H groups in total. The fraction of sp³-hybridized carbons (Fsp3) is 0.450. The molecule has 1 aliphatic heterocycles. The normalized spacial score (nSPS) is 15.2. The lowest BCUT2D eigenvalue weighted by Crippen LogP contribution is -2.39. The number of amides is 1. The van der Waals surface area contributed by atoms with Gasteiger partial charge < -0.3 is 10.2 Å². The molecule has 1 amide bonds. The fourth-order valence-corrected chi connectivity index (χ4v) is 3.27. The molecule has 0 bridgehead atoms. The van der Waals surface area contributed by atoms with E-state index in [2.05, 4.69) is 52.5 Å². The summed E-state index contributed by atoms with van der Waals surface area (Å²) in [7, 11) is 0. The molecule has 0 radical (unpaired) electrons. The minimum Gasteiger partial charge on any atom is -0.370 e. The lowest BCUT2D eigenvalue weighted by Gasteiger charge is -2.32. The Morgan fingerprint density at radius 3 is 2.68 bits per heavy atom. The van der Waals surface area contributed by atoms with Crippen LogP contribution in [0.25, 0.3) is 0 Å². The van der Waals surface area contributed by atoms with E-state index in [0.717, 1.165) is 51.1 Å². The molecule has 1 fully saturated rings. The Labute approximate surface area is 149 Å². The second-order valence-corrected chi connectivity index (χ2v) is 6.64. The van der Waals surface area contributed by atoms with Gasteiger partial charge in [0.1, 0.15) is 17.8 Å². The summed E-state index contributed by atoms with van der Waals surface area (Å²) < 4.78 is 0. The van der Waals surface area contributed by atoms with Gasteiger partial charge in [-0.2, -0.15) is 0 Å². The summed E-state index contributed by atoms with van der Waals surface area (Å²) in [5.74, 6) is 1.39. The van der Waals surface area contributed by atoms with Crippen molar-refractivity contribution in [1.82, 2.24) is 14.9 Å². The molecular weight excluding hydrogens is 312 g/mol. The van der Waals surface area contributed by atoms with E-state index in [0.29, 0.717) is 11.6 Å². The monoisotopic (exact) mass is 338 g/mol. The first-order chi connectivity index (χ1) is 12.3. The number of carbonyl (C=O) groups excluding carboxylic acids is 1. The molecule has 3 rings (SSSR count). The van der Waals surface area contributed by atoms with Crippen molar-refractivity contribution in [2.24, 2.45) is 5.92 Å². The lowest BCUT2D eigenvalue weighted by molar-refractivity contribution is 0.0684. The molecule has 0 saturated carbocycles. The lowest BCUT2D eigenvalue weighted by atomic mass is 9.90. The maximum atomic E-state index is 12.7. The quantitative estimate of drug-likeness (QED) is 0.877. The Kier molecular flexibility index (Phi) is 5.99. The minimum atomic E-state index is 0.0140. The summed E-state index contributed by atoms with van der Waals surface area (Å²) in [5.41, 5.74) is 1.87. The molecule has 0 aliphatic carbocycles. The zero-order valence-electron chi connectivity index (χ0n) is 14.8. The van der Waals surface area contributed by atoms with Crippen LogP contribution in [0.2, 0.25) is 0 Å². The highest BCUT2D eigenvalue weighted by Gasteiger charge is 2.24. The third-order valence-electron chi connectivity index (χ3n) is 4.71. The summed E-state index contributed by atoms with van der Waals surface area (Å²) in [5, 5.41) is 3.21. The number of hydrogen-bond acceptors (Lipinski definition) is 4. The Balaban J connectivity index is 1.54. The highest BCUT2D eigenvalue weighted by atomic mass is 16.2. The van der Waals surface area contributed by atoms with E-state index in [1.807, 2.05) is 4.90 Å². The van der Waals surface area contributed by atoms with Crippen LogP contribution >= 0.6 is 0 Å². The van der Waals surface area contributed by atoms with Crippen LogP contribution in [-0.2, 0) is 6.42 Å². The first-order valence-electron chi connectivity index (χ1n) is 9.15. The van der Waals surface area contributed by atoms with Crippen molar-refractivity contribution in [2.75, 3.05) is 25.0 Å². The average molecular weight is 338 g/mol. The number of carbonyl (C=O) groups is 1. The maximum absolute atomic E-state index is 12.7. The van der Waals surface area contributed by atoms with E-state index in [4.69, 9.17) is 0 Å². The van der Waals surface area contributed by atoms with E-state index >= 15 is 0 Å². The zero-order valence-corrected chi connectivity index (χ0v) is 14.8. The highest BCUT2D eigenvalue weighted by Crippen LogP contribution is 2.22. The molecule has 2 heterocycles. The Hall–Kier alpha value is -2.43. The molecule has 2 aromatic rings. The molecule has 5 heteroatoms. The molecule has 1 saturated heterocycles. The van der Waals surface area contributed by atoms with Gasteiger partial charge in [0, 0.05) is 25.7 Å². The van der Waals surface area contributed by atoms with E-state index in [1.54, 1.807) is 6.07 Å². The largest absolute Gasteiger partial charge is 0.370 e. The molecule has 1 aromatic heterocycles. The molecule has 0 atom stereocenters. The molecule has 25 heavy (non-hydrogen) atoms. The van der Waals surface area contributed by atoms with Crippen LogP contribution in [0.4, 0.5) is 5.82 Å². The number of piperidine rings is 1. The van der Waals surface area contributed by atoms with Crippen LogP contribution in [0.15, 0.2) is 42.7 Å². The molecule has 0 spiro atoms. The predicted octanol–water partition coefficient (Wildman–Crippen LogP) is 3.39. The summed E-state index contributed by atoms with van der Waals surface area (Å²) in [4.78, 5) is 23.0. The van der Waals surface area contributed by atoms with E-state index < -0.39 is 0 Å². The van der Waals surface area contributed by atoms with Gasteiger partial charge in [0.25, 0.3) is 5.91 Å². The molecule has 1 aromatic carbocycles. The van der Waals surface area contributed by atoms with Crippen molar-refractivity contribution in [3.63, 3.8) is 0 Å². The first kappa shape index (κ1) is 17.4. The van der Waals surface area contributed by atoms with Crippen molar-refractivity contribution in [2.45, 2.75) is 32.6 Å². The number of aromatic nitrogens is 2. The van der Waals surface area contributed by atoms with Gasteiger partial charge in [-0.05, 0) is 37.2 Å². The Bertz CT molecular complexity index is 681. The van der Waals surface area contributed by atoms with Gasteiger partial charge >= 0.3 is 0 Å². The summed E-state index contributed by atoms with van der Waals surface area (Å²) in [6, 6.07) is 12.4. The van der Waals surface area contributed by atoms with E-state index in [1.165, 1.54) is 11.9 Å². The van der Waals surface area contributed by atoms with Gasteiger partial charge in [-0.1, -0.05) is 37.3 Å². The van der Waals surface area contributed by atoms with E-state index in [9.17, 15) is 4.79 Å². The standard InChI is InChI=1S/C20H26N4O/c1-2-10-21-19-14-18(22-15-23-19)20(25)24-11-8-17(9-12-24)13-16-6-4-3-5-7-16/h3-7,14-15,17H,2,8-13H2,1H3,(H,21,22,23). The topological polar surface area (TPSA) is 58.1 Å². The van der Waals surface area contributed by atoms with Gasteiger partial charge in [-0.3, -0.25) is 4.79 Å². The van der Waals surface area contributed by atoms with Crippen molar-refractivity contribution in [3.05, 3.63) is 54.0 Å². The molecule has 132 valence electrons. The first-order valence-corrected chi connectivity index (χ1v) is 9.15. The summed E-state index contributed by atoms with van der Waals surface area (Å²) in [6.07, 6.45) is 5.68. The van der Waals surface area contributed by atoms with Crippen LogP contribution in [0.5, 0.6) is 0 Å². The third-order valence-corrected chi connectivity index (χ3v) is 4.71. The van der Waals surface area contributed by atoms with Gasteiger partial charge in [-0.25, -0.2) is 9.97 Å². The van der Waals surface area contributed by atoms with Crippen LogP contribution in [0.3, 0.4) is 0 Å². The van der Waals surface area contributed by atoms with Crippen LogP contribution in [0, 0.1) is 5.92 Å². The van der Waals surface area contributed by atoms with Crippen molar-refractivity contribution in [1.29, 1.82) is 0 Å². The van der Waals surface area contributed by atoms with Crippen LogP contribution in [0.1, 0.15) is 42.2 Å². The number of hydrogen-bond donors (Lipinski definition) is 1. The molecule has 0 unspecified atom stereocenters. The molecule has 1 aliphatic rings. The smallest absolute Gasteiger partial charge is 0.272 e. The highest BCUT2D eigenvalue weighted by molar-refractivity contribution is 5.92. The molecular formula is C20H26N4O. The summed E-state index contributed by atoms with van der Waals surface area (Å²) >= 11 is 0. The Morgan fingerprint density at radius 1 is 1.20 bits per heavy atom. The molecule has 5 nitrogen and oxygen atoms in total. The average Bonchev–Trinajstić information content (AvgIpc) is 2.67. The van der Waals surface area contributed by atoms with Crippen LogP contribution < -0.4 is 5.32 Å². The van der Waals surface area contributed by atoms with Gasteiger partial charge in [0.15, 0.2) is 0 Å². The van der Waals surface area contributed by atoms with E-state index in [-0.39, 0.29) is 5.91 Å². The zero-order chi connectivity index (χ0) is 17.5. The number of rotatable bonds is 6. The fourth-order valence-electron chi connectivity index (χ4n) is 3.27.